The smallest absolute Gasteiger partial charge is 0.252 e. The summed E-state index contributed by atoms with van der Waals surface area (Å²) in [6, 6.07) is 0. The van der Waals surface area contributed by atoms with Crippen molar-refractivity contribution in [2.45, 2.75) is 17.9 Å². The number of hydrogen-bond acceptors (Lipinski definition) is 4. The predicted octanol–water partition coefficient (Wildman–Crippen LogP) is -0.0119. The lowest BCUT2D eigenvalue weighted by Gasteiger charge is -2.14. The Morgan fingerprint density at radius 1 is 1.56 bits per heavy atom. The van der Waals surface area contributed by atoms with Crippen LogP contribution in [0.25, 0.3) is 0 Å². The Hall–Kier alpha value is -1.06. The number of nitrogens with zero attached hydrogens (tertiary/aromatic N) is 3. The maximum Gasteiger partial charge on any atom is 0.252 e. The van der Waals surface area contributed by atoms with Gasteiger partial charge in [-0.3, -0.25) is 4.68 Å². The van der Waals surface area contributed by atoms with Crippen molar-refractivity contribution >= 4 is 10.0 Å². The van der Waals surface area contributed by atoms with Crippen LogP contribution < -0.4 is 5.32 Å². The average molecular weight is 282 g/mol. The van der Waals surface area contributed by atoms with Gasteiger partial charge in [0.25, 0.3) is 6.43 Å². The fourth-order valence-corrected chi connectivity index (χ4v) is 2.40. The highest BCUT2D eigenvalue weighted by molar-refractivity contribution is 7.89. The number of aromatic nitrogens is 2. The molecule has 0 fully saturated rings. The SMILES string of the molecule is CNCCn1cc(S(=O)(=O)N(C)CC(F)F)cn1. The number of nitrogens with one attached hydrogen (secondary N) is 1. The van der Waals surface area contributed by atoms with Gasteiger partial charge in [0.15, 0.2) is 0 Å². The van der Waals surface area contributed by atoms with Gasteiger partial charge in [-0.25, -0.2) is 17.2 Å². The first-order chi connectivity index (χ1) is 8.37. The normalized spacial score (nSPS) is 12.6. The van der Waals surface area contributed by atoms with E-state index in [-0.39, 0.29) is 4.90 Å². The molecule has 1 aromatic rings. The Morgan fingerprint density at radius 3 is 2.78 bits per heavy atom. The zero-order chi connectivity index (χ0) is 13.8. The molecule has 0 aliphatic heterocycles. The van der Waals surface area contributed by atoms with Crippen LogP contribution in [0.1, 0.15) is 0 Å². The summed E-state index contributed by atoms with van der Waals surface area (Å²) in [6.07, 6.45) is -0.217. The number of alkyl halides is 2. The summed E-state index contributed by atoms with van der Waals surface area (Å²) in [6.45, 7) is 0.308. The minimum Gasteiger partial charge on any atom is -0.318 e. The van der Waals surface area contributed by atoms with Crippen LogP contribution in [-0.2, 0) is 16.6 Å². The number of hydrogen-bond donors (Lipinski definition) is 1. The van der Waals surface area contributed by atoms with Crippen molar-refractivity contribution in [3.8, 4) is 0 Å². The van der Waals surface area contributed by atoms with Crippen molar-refractivity contribution in [1.82, 2.24) is 19.4 Å². The van der Waals surface area contributed by atoms with Gasteiger partial charge >= 0.3 is 0 Å². The fraction of sp³-hybridized carbons (Fsp3) is 0.667. The Labute approximate surface area is 105 Å². The highest BCUT2D eigenvalue weighted by Gasteiger charge is 2.24. The van der Waals surface area contributed by atoms with Gasteiger partial charge < -0.3 is 5.32 Å². The quantitative estimate of drug-likeness (QED) is 0.764. The van der Waals surface area contributed by atoms with Crippen LogP contribution in [0.2, 0.25) is 0 Å². The molecule has 18 heavy (non-hydrogen) atoms. The van der Waals surface area contributed by atoms with Crippen molar-refractivity contribution in [3.63, 3.8) is 0 Å². The van der Waals surface area contributed by atoms with Crippen LogP contribution >= 0.6 is 0 Å². The summed E-state index contributed by atoms with van der Waals surface area (Å²) in [7, 11) is -1.01. The van der Waals surface area contributed by atoms with E-state index in [1.165, 1.54) is 10.9 Å². The molecule has 0 aromatic carbocycles. The van der Waals surface area contributed by atoms with Gasteiger partial charge in [0, 0.05) is 19.8 Å². The molecule has 0 bridgehead atoms. The van der Waals surface area contributed by atoms with Crippen molar-refractivity contribution in [2.24, 2.45) is 0 Å². The van der Waals surface area contributed by atoms with E-state index in [0.29, 0.717) is 17.4 Å². The third kappa shape index (κ3) is 3.72. The summed E-state index contributed by atoms with van der Waals surface area (Å²) < 4.78 is 50.2. The van der Waals surface area contributed by atoms with Gasteiger partial charge in [-0.1, -0.05) is 0 Å². The minimum absolute atomic E-state index is 0.0817. The van der Waals surface area contributed by atoms with E-state index in [1.54, 1.807) is 7.05 Å². The largest absolute Gasteiger partial charge is 0.318 e. The second-order valence-electron chi connectivity index (χ2n) is 3.72. The van der Waals surface area contributed by atoms with Crippen LogP contribution in [0.4, 0.5) is 8.78 Å². The predicted molar refractivity (Wildman–Crippen MR) is 62.0 cm³/mol. The summed E-state index contributed by atoms with van der Waals surface area (Å²) >= 11 is 0. The molecule has 1 heterocycles. The Morgan fingerprint density at radius 2 is 2.22 bits per heavy atom. The highest BCUT2D eigenvalue weighted by atomic mass is 32.2. The second kappa shape index (κ2) is 6.21. The molecule has 0 atom stereocenters. The average Bonchev–Trinajstić information content (AvgIpc) is 2.74. The molecule has 6 nitrogen and oxygen atoms in total. The van der Waals surface area contributed by atoms with E-state index in [4.69, 9.17) is 0 Å². The molecule has 0 radical (unpaired) electrons. The van der Waals surface area contributed by atoms with E-state index in [1.807, 2.05) is 0 Å². The molecule has 0 aliphatic carbocycles. The van der Waals surface area contributed by atoms with Gasteiger partial charge in [0.1, 0.15) is 4.90 Å². The molecule has 0 aliphatic rings. The molecule has 0 unspecified atom stereocenters. The number of likely N-dealkylation sites (N-methyl/N-ethyl adjacent to an activating group) is 1. The Kier molecular flexibility index (Phi) is 5.17. The lowest BCUT2D eigenvalue weighted by atomic mass is 10.6. The third-order valence-electron chi connectivity index (χ3n) is 2.30. The second-order valence-corrected chi connectivity index (χ2v) is 5.76. The molecule has 0 spiro atoms. The zero-order valence-corrected chi connectivity index (χ0v) is 11.0. The lowest BCUT2D eigenvalue weighted by molar-refractivity contribution is 0.126. The van der Waals surface area contributed by atoms with Crippen molar-refractivity contribution in [1.29, 1.82) is 0 Å². The lowest BCUT2D eigenvalue weighted by Crippen LogP contribution is -2.31. The third-order valence-corrected chi connectivity index (χ3v) is 4.08. The van der Waals surface area contributed by atoms with Gasteiger partial charge in [-0.05, 0) is 7.05 Å². The van der Waals surface area contributed by atoms with Gasteiger partial charge in [0.05, 0.1) is 19.3 Å². The van der Waals surface area contributed by atoms with Crippen LogP contribution in [-0.4, -0.2) is 56.1 Å². The van der Waals surface area contributed by atoms with E-state index < -0.39 is 23.0 Å². The van der Waals surface area contributed by atoms with E-state index >= 15 is 0 Å². The minimum atomic E-state index is -3.89. The fourth-order valence-electron chi connectivity index (χ4n) is 1.30. The summed E-state index contributed by atoms with van der Waals surface area (Å²) in [4.78, 5) is -0.0817. The van der Waals surface area contributed by atoms with Gasteiger partial charge in [-0.15, -0.1) is 0 Å². The first-order valence-electron chi connectivity index (χ1n) is 5.29. The standard InChI is InChI=1S/C9H16F2N4O2S/c1-12-3-4-15-6-8(5-13-15)18(16,17)14(2)7-9(10)11/h5-6,9,12H,3-4,7H2,1-2H3. The number of halogens is 2. The molecule has 1 N–H and O–H groups in total. The summed E-state index contributed by atoms with van der Waals surface area (Å²) in [5.41, 5.74) is 0. The van der Waals surface area contributed by atoms with Crippen LogP contribution in [0.15, 0.2) is 17.3 Å². The van der Waals surface area contributed by atoms with Gasteiger partial charge in [0.2, 0.25) is 10.0 Å². The van der Waals surface area contributed by atoms with Crippen molar-refractivity contribution < 1.29 is 17.2 Å². The van der Waals surface area contributed by atoms with E-state index in [9.17, 15) is 17.2 Å². The molecular formula is C9H16F2N4O2S. The van der Waals surface area contributed by atoms with Crippen molar-refractivity contribution in [2.75, 3.05) is 27.2 Å². The molecule has 0 amide bonds. The first kappa shape index (κ1) is 15.0. The highest BCUT2D eigenvalue weighted by Crippen LogP contribution is 2.14. The monoisotopic (exact) mass is 282 g/mol. The Balaban J connectivity index is 2.81. The van der Waals surface area contributed by atoms with Crippen LogP contribution in [0.5, 0.6) is 0 Å². The molecule has 9 heteroatoms. The molecular weight excluding hydrogens is 266 g/mol. The Bertz CT molecular complexity index is 475. The molecule has 0 saturated carbocycles. The topological polar surface area (TPSA) is 67.2 Å². The molecule has 1 rings (SSSR count). The van der Waals surface area contributed by atoms with Crippen LogP contribution in [0.3, 0.4) is 0 Å². The summed E-state index contributed by atoms with van der Waals surface area (Å²) in [5, 5.41) is 6.76. The van der Waals surface area contributed by atoms with E-state index in [0.717, 1.165) is 13.2 Å². The molecule has 104 valence electrons. The van der Waals surface area contributed by atoms with Crippen molar-refractivity contribution in [3.05, 3.63) is 12.4 Å². The molecule has 1 aromatic heterocycles. The summed E-state index contributed by atoms with van der Waals surface area (Å²) in [5.74, 6) is 0. The van der Waals surface area contributed by atoms with E-state index in [2.05, 4.69) is 10.4 Å². The maximum atomic E-state index is 12.2. The number of rotatable bonds is 7. The van der Waals surface area contributed by atoms with Crippen LogP contribution in [0, 0.1) is 0 Å². The van der Waals surface area contributed by atoms with Gasteiger partial charge in [-0.2, -0.15) is 9.40 Å². The number of sulfonamides is 1. The first-order valence-corrected chi connectivity index (χ1v) is 6.73. The zero-order valence-electron chi connectivity index (χ0n) is 10.2. The maximum absolute atomic E-state index is 12.2. The molecule has 0 saturated heterocycles.